The smallest absolute Gasteiger partial charge is 0.257 e. The second-order valence-electron chi connectivity index (χ2n) is 9.05. The molecule has 3 heterocycles. The Bertz CT molecular complexity index is 1540. The van der Waals surface area contributed by atoms with Crippen LogP contribution in [0.1, 0.15) is 36.7 Å². The molecule has 0 fully saturated rings. The summed E-state index contributed by atoms with van der Waals surface area (Å²) in [4.78, 5) is 42.3. The minimum Gasteiger partial charge on any atom is -0.454 e. The maximum absolute atomic E-state index is 13.2. The van der Waals surface area contributed by atoms with Crippen LogP contribution in [0.3, 0.4) is 0 Å². The van der Waals surface area contributed by atoms with Gasteiger partial charge in [0.1, 0.15) is 11.6 Å². The Kier molecular flexibility index (Phi) is 6.13. The van der Waals surface area contributed by atoms with Gasteiger partial charge in [0.15, 0.2) is 11.5 Å². The number of benzene rings is 2. The molecule has 1 aliphatic heterocycles. The number of H-pyrrole nitrogens is 1. The van der Waals surface area contributed by atoms with Gasteiger partial charge in [0.2, 0.25) is 18.1 Å². The van der Waals surface area contributed by atoms with Crippen molar-refractivity contribution in [2.75, 3.05) is 6.79 Å². The summed E-state index contributed by atoms with van der Waals surface area (Å²) < 4.78 is 12.6. The van der Waals surface area contributed by atoms with Crippen molar-refractivity contribution < 1.29 is 19.1 Å². The quantitative estimate of drug-likeness (QED) is 0.370. The van der Waals surface area contributed by atoms with Crippen molar-refractivity contribution in [3.05, 3.63) is 70.1 Å². The summed E-state index contributed by atoms with van der Waals surface area (Å²) in [6.45, 7) is 6.06. The molecule has 0 radical (unpaired) electrons. The Hall–Kier alpha value is -4.27. The standard InChI is InChI=1S/C27H28N4O5/c1-4-31-13-20(25(32)19-10-23-24(11-22(19)31)36-14-35-23)27(34)30-16(3)26(33)29-15(2)9-17-12-28-21-8-6-5-7-18(17)21/h5-8,10-13,15-16,28H,4,9,14H2,1-3H3,(H,29,33)(H,30,34)/t15-,16+/m1/s1. The molecule has 0 saturated heterocycles. The number of amides is 2. The maximum Gasteiger partial charge on any atom is 0.257 e. The molecular formula is C27H28N4O5. The van der Waals surface area contributed by atoms with Crippen LogP contribution in [0.2, 0.25) is 0 Å². The van der Waals surface area contributed by atoms with Crippen LogP contribution in [0.25, 0.3) is 21.8 Å². The van der Waals surface area contributed by atoms with Gasteiger partial charge >= 0.3 is 0 Å². The zero-order valence-corrected chi connectivity index (χ0v) is 20.4. The zero-order chi connectivity index (χ0) is 25.4. The lowest BCUT2D eigenvalue weighted by atomic mass is 10.1. The fourth-order valence-electron chi connectivity index (χ4n) is 4.59. The van der Waals surface area contributed by atoms with Crippen molar-refractivity contribution in [2.24, 2.45) is 0 Å². The van der Waals surface area contributed by atoms with E-state index in [1.807, 2.05) is 48.9 Å². The van der Waals surface area contributed by atoms with E-state index in [1.54, 1.807) is 19.1 Å². The van der Waals surface area contributed by atoms with E-state index < -0.39 is 17.4 Å². The molecule has 36 heavy (non-hydrogen) atoms. The summed E-state index contributed by atoms with van der Waals surface area (Å²) in [6, 6.07) is 10.4. The summed E-state index contributed by atoms with van der Waals surface area (Å²) >= 11 is 0. The van der Waals surface area contributed by atoms with Crippen LogP contribution in [-0.2, 0) is 17.8 Å². The Morgan fingerprint density at radius 3 is 2.61 bits per heavy atom. The molecule has 0 unspecified atom stereocenters. The lowest BCUT2D eigenvalue weighted by Gasteiger charge is -2.19. The number of aryl methyl sites for hydroxylation is 1. The molecule has 9 nitrogen and oxygen atoms in total. The van der Waals surface area contributed by atoms with Crippen molar-refractivity contribution in [3.8, 4) is 11.5 Å². The van der Waals surface area contributed by atoms with Crippen LogP contribution in [0, 0.1) is 0 Å². The van der Waals surface area contributed by atoms with Crippen molar-refractivity contribution in [3.63, 3.8) is 0 Å². The topological polar surface area (TPSA) is 114 Å². The zero-order valence-electron chi connectivity index (χ0n) is 20.4. The minimum atomic E-state index is -0.829. The number of hydrogen-bond donors (Lipinski definition) is 3. The lowest BCUT2D eigenvalue weighted by molar-refractivity contribution is -0.123. The van der Waals surface area contributed by atoms with Gasteiger partial charge in [-0.25, -0.2) is 0 Å². The SMILES string of the molecule is CCn1cc(C(=O)N[C@@H](C)C(=O)N[C@H](C)Cc2c[nH]c3ccccc23)c(=O)c2cc3c(cc21)OCO3. The van der Waals surface area contributed by atoms with E-state index in [9.17, 15) is 14.4 Å². The Morgan fingerprint density at radius 1 is 1.08 bits per heavy atom. The molecule has 2 aromatic carbocycles. The molecule has 4 aromatic rings. The molecule has 186 valence electrons. The second kappa shape index (κ2) is 9.41. The largest absolute Gasteiger partial charge is 0.454 e. The van der Waals surface area contributed by atoms with Crippen LogP contribution in [0.5, 0.6) is 11.5 Å². The number of aromatic nitrogens is 2. The van der Waals surface area contributed by atoms with Crippen LogP contribution in [0.4, 0.5) is 0 Å². The van der Waals surface area contributed by atoms with E-state index in [0.29, 0.717) is 35.4 Å². The van der Waals surface area contributed by atoms with Gasteiger partial charge in [-0.1, -0.05) is 18.2 Å². The number of aromatic amines is 1. The predicted octanol–water partition coefficient (Wildman–Crippen LogP) is 3.10. The van der Waals surface area contributed by atoms with Gasteiger partial charge in [-0.2, -0.15) is 0 Å². The molecule has 0 spiro atoms. The number of carbonyl (C=O) groups excluding carboxylic acids is 2. The van der Waals surface area contributed by atoms with E-state index in [1.165, 1.54) is 6.20 Å². The number of nitrogens with zero attached hydrogens (tertiary/aromatic N) is 1. The summed E-state index contributed by atoms with van der Waals surface area (Å²) in [5, 5.41) is 7.10. The van der Waals surface area contributed by atoms with E-state index in [2.05, 4.69) is 15.6 Å². The first-order valence-electron chi connectivity index (χ1n) is 12.0. The highest BCUT2D eigenvalue weighted by atomic mass is 16.7. The first kappa shape index (κ1) is 23.5. The van der Waals surface area contributed by atoms with Crippen LogP contribution < -0.4 is 25.5 Å². The highest BCUT2D eigenvalue weighted by Crippen LogP contribution is 2.35. The minimum absolute atomic E-state index is 0.0327. The molecule has 9 heteroatoms. The number of nitrogens with one attached hydrogen (secondary N) is 3. The summed E-state index contributed by atoms with van der Waals surface area (Å²) in [5.74, 6) is 0.106. The van der Waals surface area contributed by atoms with Gasteiger partial charge in [0, 0.05) is 41.9 Å². The molecule has 2 amide bonds. The Labute approximate surface area is 207 Å². The van der Waals surface area contributed by atoms with E-state index in [0.717, 1.165) is 16.5 Å². The van der Waals surface area contributed by atoms with Gasteiger partial charge in [-0.15, -0.1) is 0 Å². The third-order valence-electron chi connectivity index (χ3n) is 6.49. The lowest BCUT2D eigenvalue weighted by Crippen LogP contribution is -2.48. The average Bonchev–Trinajstić information content (AvgIpc) is 3.50. The van der Waals surface area contributed by atoms with E-state index in [-0.39, 0.29) is 24.3 Å². The molecule has 2 aromatic heterocycles. The number of para-hydroxylation sites is 1. The molecule has 2 atom stereocenters. The highest BCUT2D eigenvalue weighted by molar-refractivity contribution is 6.00. The fraction of sp³-hybridized carbons (Fsp3) is 0.296. The van der Waals surface area contributed by atoms with Crippen molar-refractivity contribution in [2.45, 2.75) is 45.8 Å². The first-order valence-corrected chi connectivity index (χ1v) is 12.0. The van der Waals surface area contributed by atoms with E-state index in [4.69, 9.17) is 9.47 Å². The fourth-order valence-corrected chi connectivity index (χ4v) is 4.59. The third-order valence-corrected chi connectivity index (χ3v) is 6.49. The number of hydrogen-bond acceptors (Lipinski definition) is 5. The number of rotatable bonds is 7. The summed E-state index contributed by atoms with van der Waals surface area (Å²) in [5.41, 5.74) is 2.34. The third kappa shape index (κ3) is 4.28. The predicted molar refractivity (Wildman–Crippen MR) is 137 cm³/mol. The monoisotopic (exact) mass is 488 g/mol. The first-order chi connectivity index (χ1) is 17.4. The molecule has 1 aliphatic rings. The van der Waals surface area contributed by atoms with Crippen molar-refractivity contribution in [1.29, 1.82) is 0 Å². The number of fused-ring (bicyclic) bond motifs is 3. The molecular weight excluding hydrogens is 460 g/mol. The van der Waals surface area contributed by atoms with Crippen LogP contribution >= 0.6 is 0 Å². The molecule has 0 saturated carbocycles. The van der Waals surface area contributed by atoms with E-state index >= 15 is 0 Å². The van der Waals surface area contributed by atoms with Crippen LogP contribution in [0.15, 0.2) is 53.6 Å². The van der Waals surface area contributed by atoms with Gasteiger partial charge in [-0.3, -0.25) is 14.4 Å². The highest BCUT2D eigenvalue weighted by Gasteiger charge is 2.23. The maximum atomic E-state index is 13.2. The normalized spacial score (nSPS) is 14.1. The Morgan fingerprint density at radius 2 is 1.83 bits per heavy atom. The molecule has 5 rings (SSSR count). The second-order valence-corrected chi connectivity index (χ2v) is 9.05. The Balaban J connectivity index is 1.30. The van der Waals surface area contributed by atoms with Crippen molar-refractivity contribution >= 4 is 33.6 Å². The number of carbonyl (C=O) groups is 2. The number of ether oxygens (including phenoxy) is 2. The molecule has 3 N–H and O–H groups in total. The average molecular weight is 489 g/mol. The summed E-state index contributed by atoms with van der Waals surface area (Å²) in [6.07, 6.45) is 4.11. The van der Waals surface area contributed by atoms with Gasteiger partial charge in [0.25, 0.3) is 5.91 Å². The molecule has 0 aliphatic carbocycles. The van der Waals surface area contributed by atoms with Gasteiger partial charge in [0.05, 0.1) is 10.9 Å². The summed E-state index contributed by atoms with van der Waals surface area (Å²) in [7, 11) is 0. The van der Waals surface area contributed by atoms with Gasteiger partial charge in [-0.05, 0) is 44.9 Å². The van der Waals surface area contributed by atoms with Gasteiger partial charge < -0.3 is 29.7 Å². The van der Waals surface area contributed by atoms with Crippen LogP contribution in [-0.4, -0.2) is 40.2 Å². The number of pyridine rings is 1. The molecule has 0 bridgehead atoms. The van der Waals surface area contributed by atoms with Crippen molar-refractivity contribution in [1.82, 2.24) is 20.2 Å².